The predicted molar refractivity (Wildman–Crippen MR) is 66.5 cm³/mol. The summed E-state index contributed by atoms with van der Waals surface area (Å²) in [7, 11) is 1.62. The van der Waals surface area contributed by atoms with Crippen LogP contribution in [0.2, 0.25) is 5.02 Å². The third-order valence-corrected chi connectivity index (χ3v) is 2.86. The largest absolute Gasteiger partial charge is 0.308 e. The Labute approximate surface area is 109 Å². The summed E-state index contributed by atoms with van der Waals surface area (Å²) in [5, 5.41) is 3.15. The van der Waals surface area contributed by atoms with E-state index in [2.05, 4.69) is 10.3 Å². The molecule has 1 atom stereocenters. The second-order valence-electron chi connectivity index (χ2n) is 3.76. The van der Waals surface area contributed by atoms with Gasteiger partial charge in [0.15, 0.2) is 0 Å². The lowest BCUT2D eigenvalue weighted by Gasteiger charge is -2.17. The first kappa shape index (κ1) is 12.9. The van der Waals surface area contributed by atoms with Crippen LogP contribution in [0.25, 0.3) is 0 Å². The molecule has 0 fully saturated rings. The van der Waals surface area contributed by atoms with Crippen LogP contribution in [0.4, 0.5) is 8.78 Å². The molecule has 94 valence electrons. The van der Waals surface area contributed by atoms with Crippen molar-refractivity contribution in [1.29, 1.82) is 0 Å². The zero-order valence-electron chi connectivity index (χ0n) is 9.62. The smallest absolute Gasteiger partial charge is 0.146 e. The van der Waals surface area contributed by atoms with Crippen molar-refractivity contribution in [3.8, 4) is 0 Å². The van der Waals surface area contributed by atoms with Crippen molar-refractivity contribution in [2.45, 2.75) is 6.04 Å². The van der Waals surface area contributed by atoms with Gasteiger partial charge in [-0.25, -0.2) is 8.78 Å². The second-order valence-corrected chi connectivity index (χ2v) is 4.19. The molecule has 0 aliphatic heterocycles. The van der Waals surface area contributed by atoms with Crippen LogP contribution in [0.5, 0.6) is 0 Å². The molecule has 0 amide bonds. The predicted octanol–water partition coefficient (Wildman–Crippen LogP) is 3.32. The fourth-order valence-electron chi connectivity index (χ4n) is 1.79. The van der Waals surface area contributed by atoms with Gasteiger partial charge in [0.1, 0.15) is 11.6 Å². The van der Waals surface area contributed by atoms with Crippen molar-refractivity contribution in [3.05, 3.63) is 64.4 Å². The highest BCUT2D eigenvalue weighted by molar-refractivity contribution is 6.30. The maximum absolute atomic E-state index is 13.8. The third kappa shape index (κ3) is 2.49. The summed E-state index contributed by atoms with van der Waals surface area (Å²) >= 11 is 5.69. The molecule has 0 spiro atoms. The van der Waals surface area contributed by atoms with Gasteiger partial charge in [-0.3, -0.25) is 4.98 Å². The fourth-order valence-corrected chi connectivity index (χ4v) is 1.94. The Morgan fingerprint density at radius 2 is 2.00 bits per heavy atom. The van der Waals surface area contributed by atoms with Crippen LogP contribution >= 0.6 is 11.6 Å². The summed E-state index contributed by atoms with van der Waals surface area (Å²) in [5.74, 6) is -0.974. The minimum atomic E-state index is -0.650. The molecular weight excluding hydrogens is 258 g/mol. The van der Waals surface area contributed by atoms with E-state index in [9.17, 15) is 8.78 Å². The first-order valence-corrected chi connectivity index (χ1v) is 5.74. The summed E-state index contributed by atoms with van der Waals surface area (Å²) in [6.45, 7) is 0. The lowest BCUT2D eigenvalue weighted by atomic mass is 10.0. The van der Waals surface area contributed by atoms with E-state index in [0.717, 1.165) is 0 Å². The Morgan fingerprint density at radius 3 is 2.61 bits per heavy atom. The Hall–Kier alpha value is -1.52. The van der Waals surface area contributed by atoms with Crippen molar-refractivity contribution in [2.75, 3.05) is 7.05 Å². The number of hydrogen-bond acceptors (Lipinski definition) is 2. The van der Waals surface area contributed by atoms with Gasteiger partial charge in [-0.05, 0) is 31.3 Å². The SMILES string of the molecule is CNC(c1ccc(Cl)cc1F)c1ncccc1F. The van der Waals surface area contributed by atoms with E-state index >= 15 is 0 Å². The van der Waals surface area contributed by atoms with Crippen molar-refractivity contribution < 1.29 is 8.78 Å². The zero-order valence-corrected chi connectivity index (χ0v) is 10.4. The molecule has 2 nitrogen and oxygen atoms in total. The van der Waals surface area contributed by atoms with E-state index in [0.29, 0.717) is 10.6 Å². The van der Waals surface area contributed by atoms with Gasteiger partial charge in [0.05, 0.1) is 11.7 Å². The monoisotopic (exact) mass is 268 g/mol. The van der Waals surface area contributed by atoms with Gasteiger partial charge in [0, 0.05) is 16.8 Å². The number of pyridine rings is 1. The number of rotatable bonds is 3. The molecule has 2 rings (SSSR count). The first-order chi connectivity index (χ1) is 8.63. The molecule has 5 heteroatoms. The summed E-state index contributed by atoms with van der Waals surface area (Å²) < 4.78 is 27.5. The summed E-state index contributed by atoms with van der Waals surface area (Å²) in [6, 6.07) is 6.41. The van der Waals surface area contributed by atoms with Crippen LogP contribution in [0.15, 0.2) is 36.5 Å². The van der Waals surface area contributed by atoms with Crippen LogP contribution in [-0.2, 0) is 0 Å². The van der Waals surface area contributed by atoms with Crippen molar-refractivity contribution >= 4 is 11.6 Å². The molecule has 0 bridgehead atoms. The number of benzene rings is 1. The van der Waals surface area contributed by atoms with Gasteiger partial charge >= 0.3 is 0 Å². The van der Waals surface area contributed by atoms with Crippen molar-refractivity contribution in [3.63, 3.8) is 0 Å². The zero-order chi connectivity index (χ0) is 13.1. The maximum Gasteiger partial charge on any atom is 0.146 e. The summed E-state index contributed by atoms with van der Waals surface area (Å²) in [5.41, 5.74) is 0.459. The highest BCUT2D eigenvalue weighted by Crippen LogP contribution is 2.26. The quantitative estimate of drug-likeness (QED) is 0.924. The fraction of sp³-hybridized carbons (Fsp3) is 0.154. The molecule has 0 aliphatic rings. The molecule has 0 saturated carbocycles. The Balaban J connectivity index is 2.49. The van der Waals surface area contributed by atoms with Crippen LogP contribution in [-0.4, -0.2) is 12.0 Å². The maximum atomic E-state index is 13.8. The van der Waals surface area contributed by atoms with Gasteiger partial charge in [-0.1, -0.05) is 17.7 Å². The van der Waals surface area contributed by atoms with Crippen LogP contribution in [0.3, 0.4) is 0 Å². The molecule has 0 saturated heterocycles. The average Bonchev–Trinajstić information content (AvgIpc) is 2.34. The number of halogens is 3. The second kappa shape index (κ2) is 5.42. The molecular formula is C13H11ClF2N2. The van der Waals surface area contributed by atoms with E-state index in [1.165, 1.54) is 30.5 Å². The lowest BCUT2D eigenvalue weighted by Crippen LogP contribution is -2.21. The van der Waals surface area contributed by atoms with Crippen molar-refractivity contribution in [1.82, 2.24) is 10.3 Å². The van der Waals surface area contributed by atoms with E-state index in [-0.39, 0.29) is 5.69 Å². The standard InChI is InChI=1S/C13H11ClF2N2/c1-17-12(13-10(15)3-2-6-18-13)9-5-4-8(14)7-11(9)16/h2-7,12,17H,1H3. The first-order valence-electron chi connectivity index (χ1n) is 5.36. The highest BCUT2D eigenvalue weighted by atomic mass is 35.5. The minimum Gasteiger partial charge on any atom is -0.308 e. The average molecular weight is 269 g/mol. The van der Waals surface area contributed by atoms with E-state index in [1.54, 1.807) is 13.1 Å². The minimum absolute atomic E-state index is 0.154. The molecule has 1 heterocycles. The topological polar surface area (TPSA) is 24.9 Å². The molecule has 1 N–H and O–H groups in total. The van der Waals surface area contributed by atoms with Gasteiger partial charge in [0.2, 0.25) is 0 Å². The van der Waals surface area contributed by atoms with Gasteiger partial charge in [0.25, 0.3) is 0 Å². The molecule has 0 radical (unpaired) electrons. The number of nitrogens with zero attached hydrogens (tertiary/aromatic N) is 1. The molecule has 0 aliphatic carbocycles. The molecule has 1 aromatic carbocycles. The van der Waals surface area contributed by atoms with Crippen LogP contribution in [0.1, 0.15) is 17.3 Å². The summed E-state index contributed by atoms with van der Waals surface area (Å²) in [6.07, 6.45) is 1.47. The van der Waals surface area contributed by atoms with Gasteiger partial charge < -0.3 is 5.32 Å². The van der Waals surface area contributed by atoms with E-state index in [4.69, 9.17) is 11.6 Å². The van der Waals surface area contributed by atoms with Gasteiger partial charge in [-0.2, -0.15) is 0 Å². The number of hydrogen-bond donors (Lipinski definition) is 1. The van der Waals surface area contributed by atoms with Gasteiger partial charge in [-0.15, -0.1) is 0 Å². The van der Waals surface area contributed by atoms with Crippen LogP contribution < -0.4 is 5.32 Å². The molecule has 18 heavy (non-hydrogen) atoms. The number of nitrogens with one attached hydrogen (secondary N) is 1. The normalized spacial score (nSPS) is 12.4. The van der Waals surface area contributed by atoms with Crippen molar-refractivity contribution in [2.24, 2.45) is 0 Å². The lowest BCUT2D eigenvalue weighted by molar-refractivity contribution is 0.534. The van der Waals surface area contributed by atoms with E-state index < -0.39 is 17.7 Å². The van der Waals surface area contributed by atoms with E-state index in [1.807, 2.05) is 0 Å². The highest BCUT2D eigenvalue weighted by Gasteiger charge is 2.20. The third-order valence-electron chi connectivity index (χ3n) is 2.62. The Bertz CT molecular complexity index is 560. The molecule has 1 aromatic heterocycles. The number of aromatic nitrogens is 1. The Kier molecular flexibility index (Phi) is 3.89. The molecule has 1 unspecified atom stereocenters. The summed E-state index contributed by atoms with van der Waals surface area (Å²) in [4.78, 5) is 3.95. The van der Waals surface area contributed by atoms with Crippen LogP contribution in [0, 0.1) is 11.6 Å². The Morgan fingerprint density at radius 1 is 1.22 bits per heavy atom. The molecule has 2 aromatic rings.